The number of nitrogens with one attached hydrogen (secondary N) is 3. The number of nitrogens with zero attached hydrogens (tertiary/aromatic N) is 2. The molecule has 4 rings (SSSR count). The first kappa shape index (κ1) is 21.0. The quantitative estimate of drug-likeness (QED) is 0.618. The third-order valence-corrected chi connectivity index (χ3v) is 7.39. The van der Waals surface area contributed by atoms with Gasteiger partial charge in [0.15, 0.2) is 0 Å². The third-order valence-electron chi connectivity index (χ3n) is 6.21. The van der Waals surface area contributed by atoms with E-state index in [2.05, 4.69) is 25.9 Å². The van der Waals surface area contributed by atoms with Crippen LogP contribution in [0.4, 0.5) is 0 Å². The molecule has 0 bridgehead atoms. The van der Waals surface area contributed by atoms with E-state index in [9.17, 15) is 9.59 Å². The molecule has 0 aliphatic heterocycles. The highest BCUT2D eigenvalue weighted by Crippen LogP contribution is 2.47. The Bertz CT molecular complexity index is 923. The van der Waals surface area contributed by atoms with Crippen molar-refractivity contribution in [3.63, 3.8) is 0 Å². The average Bonchev–Trinajstić information content (AvgIpc) is 3.32. The number of likely N-dealkylation sites (N-methyl/N-ethyl adjacent to an activating group) is 1. The Morgan fingerprint density at radius 1 is 1.13 bits per heavy atom. The highest BCUT2D eigenvalue weighted by atomic mass is 32.1. The van der Waals surface area contributed by atoms with Crippen molar-refractivity contribution in [2.75, 3.05) is 20.6 Å². The van der Waals surface area contributed by atoms with Crippen molar-refractivity contribution in [3.05, 3.63) is 16.8 Å². The van der Waals surface area contributed by atoms with Crippen LogP contribution in [0.25, 0.3) is 10.2 Å². The Morgan fingerprint density at radius 2 is 1.93 bits per heavy atom. The third kappa shape index (κ3) is 4.41. The molecule has 2 amide bonds. The summed E-state index contributed by atoms with van der Waals surface area (Å²) < 4.78 is 6.37. The Morgan fingerprint density at radius 3 is 2.67 bits per heavy atom. The van der Waals surface area contributed by atoms with Gasteiger partial charge in [-0.05, 0) is 57.1 Å². The van der Waals surface area contributed by atoms with Crippen LogP contribution in [0.3, 0.4) is 0 Å². The number of rotatable bonds is 7. The number of hydrogen-bond donors (Lipinski definition) is 3. The molecule has 2 aliphatic rings. The van der Waals surface area contributed by atoms with Crippen LogP contribution in [0.2, 0.25) is 0 Å². The van der Waals surface area contributed by atoms with Crippen molar-refractivity contribution in [3.8, 4) is 5.88 Å². The zero-order chi connectivity index (χ0) is 21.1. The van der Waals surface area contributed by atoms with Crippen molar-refractivity contribution >= 4 is 33.4 Å². The van der Waals surface area contributed by atoms with E-state index in [-0.39, 0.29) is 30.4 Å². The first-order valence-electron chi connectivity index (χ1n) is 10.7. The lowest BCUT2D eigenvalue weighted by Crippen LogP contribution is -2.35. The maximum Gasteiger partial charge on any atom is 0.239 e. The number of aromatic nitrogens is 2. The molecule has 30 heavy (non-hydrogen) atoms. The summed E-state index contributed by atoms with van der Waals surface area (Å²) >= 11 is 1.68. The number of aryl methyl sites for hydroxylation is 1. The van der Waals surface area contributed by atoms with Crippen LogP contribution in [0.1, 0.15) is 54.9 Å². The van der Waals surface area contributed by atoms with Crippen LogP contribution in [0.5, 0.6) is 5.88 Å². The molecule has 0 saturated heterocycles. The Hall–Kier alpha value is -2.26. The summed E-state index contributed by atoms with van der Waals surface area (Å²) in [4.78, 5) is 35.0. The molecule has 2 aromatic heterocycles. The summed E-state index contributed by atoms with van der Waals surface area (Å²) in [6.07, 6.45) is 8.19. The van der Waals surface area contributed by atoms with Gasteiger partial charge in [0.2, 0.25) is 17.7 Å². The van der Waals surface area contributed by atoms with E-state index in [0.29, 0.717) is 18.3 Å². The molecule has 9 heteroatoms. The smallest absolute Gasteiger partial charge is 0.239 e. The minimum atomic E-state index is -0.200. The van der Waals surface area contributed by atoms with Crippen molar-refractivity contribution in [1.82, 2.24) is 25.9 Å². The zero-order valence-electron chi connectivity index (χ0n) is 17.5. The fourth-order valence-corrected chi connectivity index (χ4v) is 5.76. The number of amides is 2. The van der Waals surface area contributed by atoms with Crippen LogP contribution in [0, 0.1) is 0 Å². The summed E-state index contributed by atoms with van der Waals surface area (Å²) in [6, 6.07) is 0.568. The van der Waals surface area contributed by atoms with E-state index < -0.39 is 0 Å². The van der Waals surface area contributed by atoms with Crippen LogP contribution < -0.4 is 20.7 Å². The van der Waals surface area contributed by atoms with Crippen LogP contribution in [-0.4, -0.2) is 54.6 Å². The van der Waals surface area contributed by atoms with Gasteiger partial charge < -0.3 is 20.7 Å². The van der Waals surface area contributed by atoms with Crippen molar-refractivity contribution in [2.45, 2.75) is 63.0 Å². The SMILES string of the molecule is CNC(=O)CNC(=O)C[C@H]1CCc2sc3ncnc(OC4CCC(NC)CC4)c3c21. The lowest BCUT2D eigenvalue weighted by molar-refractivity contribution is -0.126. The molecule has 0 spiro atoms. The van der Waals surface area contributed by atoms with E-state index >= 15 is 0 Å². The van der Waals surface area contributed by atoms with Crippen LogP contribution >= 0.6 is 11.3 Å². The summed E-state index contributed by atoms with van der Waals surface area (Å²) in [5, 5.41) is 9.55. The Kier molecular flexibility index (Phi) is 6.48. The largest absolute Gasteiger partial charge is 0.474 e. The zero-order valence-corrected chi connectivity index (χ0v) is 18.3. The molecule has 1 fully saturated rings. The molecular weight excluding hydrogens is 402 g/mol. The first-order chi connectivity index (χ1) is 14.6. The molecule has 2 heterocycles. The van der Waals surface area contributed by atoms with Crippen LogP contribution in [0.15, 0.2) is 6.33 Å². The molecule has 8 nitrogen and oxygen atoms in total. The lowest BCUT2D eigenvalue weighted by atomic mass is 9.93. The summed E-state index contributed by atoms with van der Waals surface area (Å²) in [7, 11) is 3.57. The topological polar surface area (TPSA) is 105 Å². The molecule has 1 atom stereocenters. The van der Waals surface area contributed by atoms with Gasteiger partial charge in [-0.25, -0.2) is 9.97 Å². The number of thiophene rings is 1. The van der Waals surface area contributed by atoms with Gasteiger partial charge in [0, 0.05) is 24.4 Å². The standard InChI is InChI=1S/C21H29N5O3S/c1-22-13-4-6-14(7-5-13)29-20-19-18-12(9-16(27)24-10-17(28)23-2)3-8-15(18)30-21(19)26-11-25-20/h11-14,22H,3-10H2,1-2H3,(H,23,28)(H,24,27)/t12-,13?,14?/m1/s1. The molecule has 0 radical (unpaired) electrons. The predicted molar refractivity (Wildman–Crippen MR) is 116 cm³/mol. The average molecular weight is 432 g/mol. The Labute approximate surface area is 180 Å². The molecular formula is C21H29N5O3S. The van der Waals surface area contributed by atoms with Gasteiger partial charge in [-0.3, -0.25) is 9.59 Å². The highest BCUT2D eigenvalue weighted by molar-refractivity contribution is 7.19. The fraction of sp³-hybridized carbons (Fsp3) is 0.619. The second kappa shape index (κ2) is 9.26. The van der Waals surface area contributed by atoms with E-state index in [1.807, 2.05) is 7.05 Å². The predicted octanol–water partition coefficient (Wildman–Crippen LogP) is 1.88. The van der Waals surface area contributed by atoms with Gasteiger partial charge in [0.05, 0.1) is 11.9 Å². The minimum Gasteiger partial charge on any atom is -0.474 e. The maximum absolute atomic E-state index is 12.4. The molecule has 0 aromatic carbocycles. The second-order valence-electron chi connectivity index (χ2n) is 8.07. The summed E-state index contributed by atoms with van der Waals surface area (Å²) in [6.45, 7) is 0.00601. The molecule has 0 unspecified atom stereocenters. The maximum atomic E-state index is 12.4. The first-order valence-corrected chi connectivity index (χ1v) is 11.5. The van der Waals surface area contributed by atoms with E-state index in [1.165, 1.54) is 10.4 Å². The summed E-state index contributed by atoms with van der Waals surface area (Å²) in [5.74, 6) is 0.448. The highest BCUT2D eigenvalue weighted by Gasteiger charge is 2.32. The molecule has 2 aliphatic carbocycles. The minimum absolute atomic E-state index is 0.00601. The number of carbonyl (C=O) groups is 2. The van der Waals surface area contributed by atoms with Crippen molar-refractivity contribution in [2.24, 2.45) is 0 Å². The normalized spacial score (nSPS) is 23.2. The van der Waals surface area contributed by atoms with Gasteiger partial charge >= 0.3 is 0 Å². The molecule has 162 valence electrons. The Balaban J connectivity index is 1.51. The van der Waals surface area contributed by atoms with Gasteiger partial charge in [0.25, 0.3) is 0 Å². The van der Waals surface area contributed by atoms with Gasteiger partial charge in [0.1, 0.15) is 17.3 Å². The van der Waals surface area contributed by atoms with E-state index in [4.69, 9.17) is 4.74 Å². The van der Waals surface area contributed by atoms with E-state index in [1.54, 1.807) is 24.7 Å². The second-order valence-corrected chi connectivity index (χ2v) is 9.15. The molecule has 2 aromatic rings. The van der Waals surface area contributed by atoms with Gasteiger partial charge in [-0.2, -0.15) is 0 Å². The van der Waals surface area contributed by atoms with Gasteiger partial charge in [-0.15, -0.1) is 11.3 Å². The van der Waals surface area contributed by atoms with Crippen LogP contribution in [-0.2, 0) is 16.0 Å². The lowest BCUT2D eigenvalue weighted by Gasteiger charge is -2.28. The number of carbonyl (C=O) groups excluding carboxylic acids is 2. The molecule has 3 N–H and O–H groups in total. The number of hydrogen-bond acceptors (Lipinski definition) is 7. The van der Waals surface area contributed by atoms with Crippen molar-refractivity contribution < 1.29 is 14.3 Å². The number of fused-ring (bicyclic) bond motifs is 3. The number of ether oxygens (including phenoxy) is 1. The van der Waals surface area contributed by atoms with E-state index in [0.717, 1.165) is 48.7 Å². The van der Waals surface area contributed by atoms with Gasteiger partial charge in [-0.1, -0.05) is 0 Å². The van der Waals surface area contributed by atoms with Crippen molar-refractivity contribution in [1.29, 1.82) is 0 Å². The fourth-order valence-electron chi connectivity index (χ4n) is 4.52. The molecule has 1 saturated carbocycles. The monoisotopic (exact) mass is 431 g/mol. The summed E-state index contributed by atoms with van der Waals surface area (Å²) in [5.41, 5.74) is 1.17.